The van der Waals surface area contributed by atoms with Gasteiger partial charge in [-0.15, -0.1) is 0 Å². The highest BCUT2D eigenvalue weighted by atomic mass is 16.6. The Bertz CT molecular complexity index is 821. The molecule has 0 aromatic rings. The van der Waals surface area contributed by atoms with Crippen molar-refractivity contribution in [2.45, 2.75) is 63.9 Å². The van der Waals surface area contributed by atoms with Gasteiger partial charge in [0.15, 0.2) is 0 Å². The lowest BCUT2D eigenvalue weighted by molar-refractivity contribution is -0.155. The molecule has 0 aromatic heterocycles. The summed E-state index contributed by atoms with van der Waals surface area (Å²) >= 11 is 0. The molecule has 6 atom stereocenters. The molecule has 4 aliphatic heterocycles. The van der Waals surface area contributed by atoms with Crippen LogP contribution in [0.1, 0.15) is 34.1 Å². The zero-order valence-electron chi connectivity index (χ0n) is 18.6. The van der Waals surface area contributed by atoms with Gasteiger partial charge in [0.2, 0.25) is 11.8 Å². The van der Waals surface area contributed by atoms with Crippen LogP contribution >= 0.6 is 0 Å². The number of carbonyl (C=O) groups is 3. The Balaban J connectivity index is 1.86. The van der Waals surface area contributed by atoms with E-state index in [1.54, 1.807) is 23.1 Å². The lowest BCUT2D eigenvalue weighted by Crippen LogP contribution is -2.59. The van der Waals surface area contributed by atoms with E-state index in [0.717, 1.165) is 0 Å². The lowest BCUT2D eigenvalue weighted by Gasteiger charge is -2.39. The van der Waals surface area contributed by atoms with Gasteiger partial charge in [-0.1, -0.05) is 32.1 Å². The summed E-state index contributed by atoms with van der Waals surface area (Å²) in [5.74, 6) is -2.51. The molecular weight excluding hydrogens is 400 g/mol. The van der Waals surface area contributed by atoms with Crippen LogP contribution in [-0.2, 0) is 23.9 Å². The number of aliphatic hydroxyl groups is 1. The molecule has 2 amide bonds. The predicted molar refractivity (Wildman–Crippen MR) is 112 cm³/mol. The van der Waals surface area contributed by atoms with E-state index in [2.05, 4.69) is 0 Å². The average Bonchev–Trinajstić information content (AvgIpc) is 3.00. The van der Waals surface area contributed by atoms with Crippen LogP contribution in [0.3, 0.4) is 0 Å². The van der Waals surface area contributed by atoms with E-state index in [9.17, 15) is 19.5 Å². The van der Waals surface area contributed by atoms with Gasteiger partial charge in [0.25, 0.3) is 0 Å². The van der Waals surface area contributed by atoms with E-state index in [1.165, 1.54) is 4.90 Å². The number of amides is 2. The van der Waals surface area contributed by atoms with Gasteiger partial charge in [0.1, 0.15) is 24.2 Å². The van der Waals surface area contributed by atoms with Crippen molar-refractivity contribution in [3.05, 3.63) is 24.3 Å². The maximum Gasteiger partial charge on any atom is 0.313 e. The molecule has 2 fully saturated rings. The fourth-order valence-electron chi connectivity index (χ4n) is 5.60. The molecule has 0 aliphatic carbocycles. The number of fused-ring (bicyclic) bond motifs is 2. The molecule has 2 saturated heterocycles. The minimum absolute atomic E-state index is 0.0716. The molecule has 170 valence electrons. The van der Waals surface area contributed by atoms with Crippen LogP contribution in [0.2, 0.25) is 0 Å². The van der Waals surface area contributed by atoms with Crippen LogP contribution in [0.5, 0.6) is 0 Å². The number of aliphatic hydroxyl groups excluding tert-OH is 1. The standard InChI is InChI=1S/C23H32N2O6/c1-13(2)11-15(12-26)25-19-21(28)24(14(3)4)9-6-8-23(19)18(20(25)27)17-16(31-23)7-5-10-30-22(17)29/h5-8,13-19,26H,9-12H2,1-4H3/t15-,16-,17+,18+,19?,23+/m1/s1. The molecule has 4 rings (SSSR count). The van der Waals surface area contributed by atoms with Crippen molar-refractivity contribution in [1.82, 2.24) is 9.80 Å². The predicted octanol–water partition coefficient (Wildman–Crippen LogP) is 0.894. The topological polar surface area (TPSA) is 96.4 Å². The van der Waals surface area contributed by atoms with Crippen LogP contribution in [-0.4, -0.2) is 82.3 Å². The molecule has 8 heteroatoms. The molecule has 1 N–H and O–H groups in total. The normalized spacial score (nSPS) is 35.8. The minimum atomic E-state index is -1.27. The van der Waals surface area contributed by atoms with E-state index in [1.807, 2.05) is 33.8 Å². The number of ether oxygens (including phenoxy) is 2. The van der Waals surface area contributed by atoms with E-state index >= 15 is 0 Å². The van der Waals surface area contributed by atoms with Crippen molar-refractivity contribution >= 4 is 17.8 Å². The summed E-state index contributed by atoms with van der Waals surface area (Å²) in [6.45, 7) is 8.15. The van der Waals surface area contributed by atoms with Crippen LogP contribution < -0.4 is 0 Å². The molecule has 0 saturated carbocycles. The third kappa shape index (κ3) is 3.31. The van der Waals surface area contributed by atoms with Crippen molar-refractivity contribution in [1.29, 1.82) is 0 Å². The van der Waals surface area contributed by atoms with Gasteiger partial charge in [0, 0.05) is 12.6 Å². The van der Waals surface area contributed by atoms with E-state index in [4.69, 9.17) is 9.47 Å². The second kappa shape index (κ2) is 8.06. The summed E-state index contributed by atoms with van der Waals surface area (Å²) in [4.78, 5) is 43.8. The molecule has 8 nitrogen and oxygen atoms in total. The molecule has 4 heterocycles. The maximum atomic E-state index is 13.9. The Kier molecular flexibility index (Phi) is 5.72. The van der Waals surface area contributed by atoms with Crippen molar-refractivity contribution in [3.8, 4) is 0 Å². The van der Waals surface area contributed by atoms with Gasteiger partial charge in [-0.05, 0) is 32.3 Å². The first-order valence-corrected chi connectivity index (χ1v) is 11.1. The second-order valence-corrected chi connectivity index (χ2v) is 9.60. The number of carbonyl (C=O) groups excluding carboxylic acids is 3. The number of cyclic esters (lactones) is 1. The van der Waals surface area contributed by atoms with Crippen molar-refractivity contribution in [2.75, 3.05) is 19.8 Å². The summed E-state index contributed by atoms with van der Waals surface area (Å²) < 4.78 is 11.8. The maximum absolute atomic E-state index is 13.9. The van der Waals surface area contributed by atoms with Crippen molar-refractivity contribution in [3.63, 3.8) is 0 Å². The Labute approximate surface area is 182 Å². The number of nitrogens with zero attached hydrogens (tertiary/aromatic N) is 2. The van der Waals surface area contributed by atoms with Gasteiger partial charge in [-0.2, -0.15) is 0 Å². The Hall–Kier alpha value is -2.19. The first-order chi connectivity index (χ1) is 14.7. The van der Waals surface area contributed by atoms with Gasteiger partial charge >= 0.3 is 5.97 Å². The number of hydrogen-bond donors (Lipinski definition) is 1. The van der Waals surface area contributed by atoms with Crippen molar-refractivity contribution in [2.24, 2.45) is 17.8 Å². The minimum Gasteiger partial charge on any atom is -0.461 e. The van der Waals surface area contributed by atoms with Gasteiger partial charge < -0.3 is 24.4 Å². The molecule has 1 unspecified atom stereocenters. The molecule has 0 aromatic carbocycles. The summed E-state index contributed by atoms with van der Waals surface area (Å²) in [5.41, 5.74) is -1.27. The monoisotopic (exact) mass is 432 g/mol. The molecular formula is C23H32N2O6. The average molecular weight is 433 g/mol. The van der Waals surface area contributed by atoms with Crippen LogP contribution in [0.25, 0.3) is 0 Å². The molecule has 1 spiro atoms. The Morgan fingerprint density at radius 2 is 1.90 bits per heavy atom. The molecule has 31 heavy (non-hydrogen) atoms. The molecule has 4 aliphatic rings. The number of hydrogen-bond acceptors (Lipinski definition) is 6. The highest BCUT2D eigenvalue weighted by molar-refractivity contribution is 5.99. The zero-order chi connectivity index (χ0) is 22.5. The Morgan fingerprint density at radius 3 is 2.55 bits per heavy atom. The first kappa shape index (κ1) is 22.0. The fourth-order valence-corrected chi connectivity index (χ4v) is 5.60. The van der Waals surface area contributed by atoms with Crippen LogP contribution in [0.15, 0.2) is 24.3 Å². The van der Waals surface area contributed by atoms with Gasteiger partial charge in [-0.3, -0.25) is 14.4 Å². The van der Waals surface area contributed by atoms with Crippen molar-refractivity contribution < 1.29 is 29.0 Å². The number of esters is 1. The lowest BCUT2D eigenvalue weighted by atomic mass is 9.78. The largest absolute Gasteiger partial charge is 0.461 e. The Morgan fingerprint density at radius 1 is 1.16 bits per heavy atom. The van der Waals surface area contributed by atoms with E-state index in [0.29, 0.717) is 13.0 Å². The highest BCUT2D eigenvalue weighted by Crippen LogP contribution is 2.54. The highest BCUT2D eigenvalue weighted by Gasteiger charge is 2.72. The first-order valence-electron chi connectivity index (χ1n) is 11.1. The summed E-state index contributed by atoms with van der Waals surface area (Å²) in [5, 5.41) is 10.2. The van der Waals surface area contributed by atoms with Crippen LogP contribution in [0.4, 0.5) is 0 Å². The van der Waals surface area contributed by atoms with Crippen LogP contribution in [0, 0.1) is 17.8 Å². The zero-order valence-corrected chi connectivity index (χ0v) is 18.6. The molecule has 0 bridgehead atoms. The second-order valence-electron chi connectivity index (χ2n) is 9.60. The summed E-state index contributed by atoms with van der Waals surface area (Å²) in [6, 6.07) is -1.54. The third-order valence-corrected chi connectivity index (χ3v) is 6.85. The number of rotatable bonds is 5. The quantitative estimate of drug-likeness (QED) is 0.512. The van der Waals surface area contributed by atoms with Gasteiger partial charge in [-0.25, -0.2) is 0 Å². The van der Waals surface area contributed by atoms with E-state index in [-0.39, 0.29) is 37.0 Å². The SMILES string of the molecule is CC(C)C[C@H](CO)N1C(=O)[C@@H]2[C@H]3C(=O)OCC=C[C@H]3O[C@@]23C=CCN(C(C)C)C(=O)C13. The van der Waals surface area contributed by atoms with Gasteiger partial charge in [0.05, 0.1) is 24.7 Å². The fraction of sp³-hybridized carbons (Fsp3) is 0.696. The van der Waals surface area contributed by atoms with E-state index < -0.39 is 41.6 Å². The summed E-state index contributed by atoms with van der Waals surface area (Å²) in [7, 11) is 0. The smallest absolute Gasteiger partial charge is 0.313 e. The summed E-state index contributed by atoms with van der Waals surface area (Å²) in [6.07, 6.45) is 7.06. The molecule has 0 radical (unpaired) electrons. The number of likely N-dealkylation sites (tertiary alicyclic amines) is 1. The third-order valence-electron chi connectivity index (χ3n) is 6.85.